The van der Waals surface area contributed by atoms with Gasteiger partial charge in [-0.2, -0.15) is 0 Å². The number of aromatic amines is 1. The number of H-pyrrole nitrogens is 1. The lowest BCUT2D eigenvalue weighted by atomic mass is 10.0. The molecule has 0 spiro atoms. The first-order chi connectivity index (χ1) is 12.9. The van der Waals surface area contributed by atoms with E-state index >= 15 is 0 Å². The molecule has 1 saturated heterocycles. The van der Waals surface area contributed by atoms with E-state index in [0.29, 0.717) is 42.9 Å². The first-order valence-corrected chi connectivity index (χ1v) is 8.75. The maximum atomic E-state index is 12.7. The van der Waals surface area contributed by atoms with Crippen molar-refractivity contribution in [2.75, 3.05) is 26.2 Å². The Bertz CT molecular complexity index is 935. The van der Waals surface area contributed by atoms with Crippen molar-refractivity contribution in [1.82, 2.24) is 14.8 Å². The Morgan fingerprint density at radius 3 is 1.96 bits per heavy atom. The van der Waals surface area contributed by atoms with Crippen LogP contribution in [0.15, 0.2) is 41.3 Å². The van der Waals surface area contributed by atoms with Crippen LogP contribution in [0.1, 0.15) is 43.6 Å². The summed E-state index contributed by atoms with van der Waals surface area (Å²) in [7, 11) is 0. The number of benzene rings is 1. The number of aryl methyl sites for hydroxylation is 1. The summed E-state index contributed by atoms with van der Waals surface area (Å²) >= 11 is 0. The van der Waals surface area contributed by atoms with Crippen LogP contribution in [0.4, 0.5) is 0 Å². The molecular formula is C20H21N3O4. The molecule has 0 unspecified atom stereocenters. The third kappa shape index (κ3) is 3.97. The Labute approximate surface area is 156 Å². The SMILES string of the molecule is CC(=O)c1cc(C(=O)N2CCN(C(=O)c3ccc(=O)[nH]c3)CC2)ccc1C. The summed E-state index contributed by atoms with van der Waals surface area (Å²) < 4.78 is 0. The number of pyridine rings is 1. The average molecular weight is 367 g/mol. The quantitative estimate of drug-likeness (QED) is 0.832. The van der Waals surface area contributed by atoms with Crippen LogP contribution in [0.2, 0.25) is 0 Å². The Morgan fingerprint density at radius 1 is 0.889 bits per heavy atom. The van der Waals surface area contributed by atoms with Gasteiger partial charge in [-0.05, 0) is 37.6 Å². The van der Waals surface area contributed by atoms with Gasteiger partial charge in [-0.25, -0.2) is 0 Å². The number of nitrogens with one attached hydrogen (secondary N) is 1. The van der Waals surface area contributed by atoms with E-state index in [1.54, 1.807) is 28.0 Å². The van der Waals surface area contributed by atoms with Crippen molar-refractivity contribution in [3.63, 3.8) is 0 Å². The van der Waals surface area contributed by atoms with Crippen molar-refractivity contribution < 1.29 is 14.4 Å². The van der Waals surface area contributed by atoms with Gasteiger partial charge in [0.05, 0.1) is 5.56 Å². The molecule has 1 aliphatic heterocycles. The molecular weight excluding hydrogens is 346 g/mol. The van der Waals surface area contributed by atoms with E-state index < -0.39 is 0 Å². The number of carbonyl (C=O) groups is 3. The molecule has 27 heavy (non-hydrogen) atoms. The summed E-state index contributed by atoms with van der Waals surface area (Å²) in [6, 6.07) is 7.95. The van der Waals surface area contributed by atoms with Crippen molar-refractivity contribution in [1.29, 1.82) is 0 Å². The van der Waals surface area contributed by atoms with Gasteiger partial charge in [0.15, 0.2) is 5.78 Å². The number of amides is 2. The van der Waals surface area contributed by atoms with Gasteiger partial charge in [0.25, 0.3) is 11.8 Å². The van der Waals surface area contributed by atoms with E-state index in [4.69, 9.17) is 0 Å². The van der Waals surface area contributed by atoms with Crippen molar-refractivity contribution in [2.24, 2.45) is 0 Å². The Hall–Kier alpha value is -3.22. The largest absolute Gasteiger partial charge is 0.335 e. The summed E-state index contributed by atoms with van der Waals surface area (Å²) in [5, 5.41) is 0. The van der Waals surface area contributed by atoms with Crippen molar-refractivity contribution in [2.45, 2.75) is 13.8 Å². The number of carbonyl (C=O) groups excluding carboxylic acids is 3. The highest BCUT2D eigenvalue weighted by molar-refractivity contribution is 6.00. The summed E-state index contributed by atoms with van der Waals surface area (Å²) in [4.78, 5) is 53.9. The molecule has 2 heterocycles. The van der Waals surface area contributed by atoms with Gasteiger partial charge in [0.2, 0.25) is 5.56 Å². The molecule has 2 aromatic rings. The number of piperazine rings is 1. The second-order valence-corrected chi connectivity index (χ2v) is 6.61. The minimum atomic E-state index is -0.259. The van der Waals surface area contributed by atoms with Gasteiger partial charge < -0.3 is 14.8 Å². The highest BCUT2D eigenvalue weighted by Gasteiger charge is 2.26. The highest BCUT2D eigenvalue weighted by atomic mass is 16.2. The summed E-state index contributed by atoms with van der Waals surface area (Å²) in [5.74, 6) is -0.389. The van der Waals surface area contributed by atoms with Gasteiger partial charge in [-0.3, -0.25) is 19.2 Å². The second kappa shape index (κ2) is 7.57. The minimum Gasteiger partial charge on any atom is -0.335 e. The van der Waals surface area contributed by atoms with Crippen LogP contribution in [0.3, 0.4) is 0 Å². The Morgan fingerprint density at radius 2 is 1.44 bits per heavy atom. The number of aromatic nitrogens is 1. The molecule has 0 bridgehead atoms. The number of hydrogen-bond acceptors (Lipinski definition) is 4. The standard InChI is InChI=1S/C20H21N3O4/c1-13-3-4-15(11-17(13)14(2)24)19(26)22-7-9-23(10-8-22)20(27)16-5-6-18(25)21-12-16/h3-6,11-12H,7-10H2,1-2H3,(H,21,25). The van der Waals surface area contributed by atoms with E-state index in [2.05, 4.69) is 4.98 Å². The Kier molecular flexibility index (Phi) is 5.21. The second-order valence-electron chi connectivity index (χ2n) is 6.61. The molecule has 1 aromatic heterocycles. The molecule has 0 radical (unpaired) electrons. The van der Waals surface area contributed by atoms with Crippen molar-refractivity contribution in [3.05, 3.63) is 69.1 Å². The zero-order valence-corrected chi connectivity index (χ0v) is 15.3. The minimum absolute atomic E-state index is 0.0709. The van der Waals surface area contributed by atoms with E-state index in [1.807, 2.05) is 6.92 Å². The monoisotopic (exact) mass is 367 g/mol. The third-order valence-electron chi connectivity index (χ3n) is 4.75. The van der Waals surface area contributed by atoms with Crippen molar-refractivity contribution in [3.8, 4) is 0 Å². The van der Waals surface area contributed by atoms with Crippen LogP contribution in [-0.2, 0) is 0 Å². The zero-order chi connectivity index (χ0) is 19.6. The van der Waals surface area contributed by atoms with E-state index in [9.17, 15) is 19.2 Å². The molecule has 2 amide bonds. The molecule has 3 rings (SSSR count). The number of rotatable bonds is 3. The molecule has 0 atom stereocenters. The fraction of sp³-hybridized carbons (Fsp3) is 0.300. The maximum absolute atomic E-state index is 12.7. The van der Waals surface area contributed by atoms with E-state index in [-0.39, 0.29) is 23.2 Å². The lowest BCUT2D eigenvalue weighted by molar-refractivity contribution is 0.0535. The van der Waals surface area contributed by atoms with Gasteiger partial charge in [-0.1, -0.05) is 6.07 Å². The van der Waals surface area contributed by atoms with E-state index in [0.717, 1.165) is 5.56 Å². The first kappa shape index (κ1) is 18.6. The van der Waals surface area contributed by atoms with Crippen LogP contribution in [-0.4, -0.2) is 58.6 Å². The predicted octanol–water partition coefficient (Wildman–Crippen LogP) is 1.48. The third-order valence-corrected chi connectivity index (χ3v) is 4.75. The molecule has 1 aromatic carbocycles. The van der Waals surface area contributed by atoms with Crippen LogP contribution in [0, 0.1) is 6.92 Å². The normalized spacial score (nSPS) is 14.1. The fourth-order valence-corrected chi connectivity index (χ4v) is 3.16. The topological polar surface area (TPSA) is 90.6 Å². The van der Waals surface area contributed by atoms with Crippen LogP contribution in [0.25, 0.3) is 0 Å². The number of hydrogen-bond donors (Lipinski definition) is 1. The van der Waals surface area contributed by atoms with Crippen molar-refractivity contribution >= 4 is 17.6 Å². The average Bonchev–Trinajstić information content (AvgIpc) is 2.68. The number of ketones is 1. The summed E-state index contributed by atoms with van der Waals surface area (Å²) in [6.07, 6.45) is 1.40. The molecule has 0 saturated carbocycles. The summed E-state index contributed by atoms with van der Waals surface area (Å²) in [6.45, 7) is 4.97. The van der Waals surface area contributed by atoms with Crippen LogP contribution >= 0.6 is 0 Å². The molecule has 140 valence electrons. The maximum Gasteiger partial charge on any atom is 0.255 e. The van der Waals surface area contributed by atoms with Gasteiger partial charge in [0.1, 0.15) is 0 Å². The fourth-order valence-electron chi connectivity index (χ4n) is 3.16. The molecule has 0 aliphatic carbocycles. The first-order valence-electron chi connectivity index (χ1n) is 8.75. The molecule has 1 aliphatic rings. The lowest BCUT2D eigenvalue weighted by Crippen LogP contribution is -2.50. The highest BCUT2D eigenvalue weighted by Crippen LogP contribution is 2.16. The van der Waals surface area contributed by atoms with Gasteiger partial charge in [-0.15, -0.1) is 0 Å². The number of nitrogens with zero attached hydrogens (tertiary/aromatic N) is 2. The number of Topliss-reactive ketones (excluding diaryl/α,β-unsaturated/α-hetero) is 1. The molecule has 1 N–H and O–H groups in total. The van der Waals surface area contributed by atoms with Crippen LogP contribution < -0.4 is 5.56 Å². The van der Waals surface area contributed by atoms with E-state index in [1.165, 1.54) is 25.3 Å². The van der Waals surface area contributed by atoms with Gasteiger partial charge >= 0.3 is 0 Å². The van der Waals surface area contributed by atoms with Crippen LogP contribution in [0.5, 0.6) is 0 Å². The smallest absolute Gasteiger partial charge is 0.255 e. The zero-order valence-electron chi connectivity index (χ0n) is 15.3. The van der Waals surface area contributed by atoms with Gasteiger partial charge in [0, 0.05) is 49.6 Å². The predicted molar refractivity (Wildman–Crippen MR) is 100 cm³/mol. The molecule has 7 nitrogen and oxygen atoms in total. The Balaban J connectivity index is 1.66. The summed E-state index contributed by atoms with van der Waals surface area (Å²) in [5.41, 5.74) is 2.03. The lowest BCUT2D eigenvalue weighted by Gasteiger charge is -2.35. The molecule has 7 heteroatoms. The molecule has 1 fully saturated rings.